The number of rotatable bonds is 7. The fourth-order valence-electron chi connectivity index (χ4n) is 3.12. The Hall–Kier alpha value is -2.32. The highest BCUT2D eigenvalue weighted by Gasteiger charge is 2.29. The number of hydrogen-bond donors (Lipinski definition) is 1. The van der Waals surface area contributed by atoms with E-state index in [1.54, 1.807) is 24.5 Å². The number of hydrogen-bond acceptors (Lipinski definition) is 5. The predicted molar refractivity (Wildman–Crippen MR) is 101 cm³/mol. The Morgan fingerprint density at radius 3 is 2.67 bits per heavy atom. The third-order valence-corrected chi connectivity index (χ3v) is 6.48. The van der Waals surface area contributed by atoms with Crippen molar-refractivity contribution in [2.24, 2.45) is 0 Å². The van der Waals surface area contributed by atoms with Gasteiger partial charge in [-0.1, -0.05) is 6.42 Å². The molecule has 3 rings (SSSR count). The second-order valence-corrected chi connectivity index (χ2v) is 8.36. The van der Waals surface area contributed by atoms with E-state index in [0.717, 1.165) is 25.0 Å². The minimum atomic E-state index is -3.67. The van der Waals surface area contributed by atoms with Crippen molar-refractivity contribution < 1.29 is 22.4 Å². The number of piperidine rings is 1. The highest BCUT2D eigenvalue weighted by atomic mass is 32.2. The van der Waals surface area contributed by atoms with Gasteiger partial charge in [0.2, 0.25) is 15.9 Å². The van der Waals surface area contributed by atoms with Crippen molar-refractivity contribution in [3.63, 3.8) is 0 Å². The molecule has 2 heterocycles. The number of methoxy groups -OCH3 is 1. The topological polar surface area (TPSA) is 88.8 Å². The van der Waals surface area contributed by atoms with Crippen LogP contribution in [-0.4, -0.2) is 38.8 Å². The van der Waals surface area contributed by atoms with Crippen LogP contribution in [0.3, 0.4) is 0 Å². The number of aryl methyl sites for hydroxylation is 1. The van der Waals surface area contributed by atoms with Gasteiger partial charge in [0.05, 0.1) is 13.4 Å². The molecule has 1 aliphatic heterocycles. The number of benzene rings is 1. The summed E-state index contributed by atoms with van der Waals surface area (Å²) in [5.74, 6) is 0.792. The Morgan fingerprint density at radius 2 is 2.00 bits per heavy atom. The molecule has 146 valence electrons. The molecule has 0 unspecified atom stereocenters. The van der Waals surface area contributed by atoms with Crippen molar-refractivity contribution in [3.8, 4) is 5.75 Å². The smallest absolute Gasteiger partial charge is 0.246 e. The van der Waals surface area contributed by atoms with Gasteiger partial charge in [-0.2, -0.15) is 4.31 Å². The summed E-state index contributed by atoms with van der Waals surface area (Å²) in [4.78, 5) is 12.3. The van der Waals surface area contributed by atoms with E-state index in [1.807, 2.05) is 6.07 Å². The molecule has 1 aromatic heterocycles. The molecule has 0 radical (unpaired) electrons. The van der Waals surface area contributed by atoms with Gasteiger partial charge < -0.3 is 14.5 Å². The lowest BCUT2D eigenvalue weighted by Crippen LogP contribution is -2.35. The highest BCUT2D eigenvalue weighted by Crippen LogP contribution is 2.31. The van der Waals surface area contributed by atoms with E-state index in [9.17, 15) is 13.2 Å². The largest absolute Gasteiger partial charge is 0.495 e. The van der Waals surface area contributed by atoms with Crippen molar-refractivity contribution in [1.82, 2.24) is 4.31 Å². The summed E-state index contributed by atoms with van der Waals surface area (Å²) < 4.78 is 38.0. The summed E-state index contributed by atoms with van der Waals surface area (Å²) in [6.07, 6.45) is 5.03. The summed E-state index contributed by atoms with van der Waals surface area (Å²) in [6, 6.07) is 8.25. The Bertz CT molecular complexity index is 872. The Balaban J connectivity index is 1.75. The number of carbonyl (C=O) groups excluding carboxylic acids is 1. The molecule has 1 N–H and O–H groups in total. The molecule has 1 fully saturated rings. The van der Waals surface area contributed by atoms with E-state index in [1.165, 1.54) is 17.5 Å². The van der Waals surface area contributed by atoms with Crippen LogP contribution < -0.4 is 10.1 Å². The minimum absolute atomic E-state index is 0.0794. The van der Waals surface area contributed by atoms with Crippen molar-refractivity contribution in [1.29, 1.82) is 0 Å². The molecule has 1 saturated heterocycles. The Labute approximate surface area is 159 Å². The van der Waals surface area contributed by atoms with E-state index in [2.05, 4.69) is 5.32 Å². The van der Waals surface area contributed by atoms with Crippen LogP contribution in [0.4, 0.5) is 5.69 Å². The molecule has 7 nitrogen and oxygen atoms in total. The van der Waals surface area contributed by atoms with Gasteiger partial charge >= 0.3 is 0 Å². The molecular formula is C19H24N2O5S. The maximum Gasteiger partial charge on any atom is 0.246 e. The predicted octanol–water partition coefficient (Wildman–Crippen LogP) is 3.03. The minimum Gasteiger partial charge on any atom is -0.495 e. The lowest BCUT2D eigenvalue weighted by Gasteiger charge is -2.26. The number of sulfonamides is 1. The molecule has 8 heteroatoms. The van der Waals surface area contributed by atoms with E-state index in [-0.39, 0.29) is 23.0 Å². The van der Waals surface area contributed by atoms with Gasteiger partial charge in [-0.15, -0.1) is 0 Å². The Morgan fingerprint density at radius 1 is 1.22 bits per heavy atom. The molecule has 2 aromatic rings. The van der Waals surface area contributed by atoms with Crippen molar-refractivity contribution in [3.05, 3.63) is 42.4 Å². The fraction of sp³-hybridized carbons (Fsp3) is 0.421. The first-order valence-corrected chi connectivity index (χ1v) is 10.4. The monoisotopic (exact) mass is 392 g/mol. The normalized spacial score (nSPS) is 15.4. The van der Waals surface area contributed by atoms with Gasteiger partial charge in [-0.3, -0.25) is 4.79 Å². The number of anilines is 1. The number of nitrogens with zero attached hydrogens (tertiary/aromatic N) is 1. The summed E-state index contributed by atoms with van der Waals surface area (Å²) in [5.41, 5.74) is 0.427. The van der Waals surface area contributed by atoms with Gasteiger partial charge in [0.1, 0.15) is 16.4 Å². The average molecular weight is 392 g/mol. The highest BCUT2D eigenvalue weighted by molar-refractivity contribution is 7.89. The van der Waals surface area contributed by atoms with Crippen LogP contribution in [0.15, 0.2) is 45.9 Å². The van der Waals surface area contributed by atoms with Crippen molar-refractivity contribution in [2.75, 3.05) is 25.5 Å². The summed E-state index contributed by atoms with van der Waals surface area (Å²) in [5, 5.41) is 2.75. The molecule has 1 amide bonds. The molecule has 0 aliphatic carbocycles. The maximum absolute atomic E-state index is 13.0. The van der Waals surface area contributed by atoms with E-state index in [0.29, 0.717) is 25.2 Å². The first kappa shape index (κ1) is 19.4. The number of carbonyl (C=O) groups is 1. The van der Waals surface area contributed by atoms with Crippen molar-refractivity contribution >= 4 is 21.6 Å². The molecular weight excluding hydrogens is 368 g/mol. The van der Waals surface area contributed by atoms with E-state index >= 15 is 0 Å². The third-order valence-electron chi connectivity index (χ3n) is 4.56. The number of nitrogens with one attached hydrogen (secondary N) is 1. The summed E-state index contributed by atoms with van der Waals surface area (Å²) in [6.45, 7) is 1.01. The Kier molecular flexibility index (Phi) is 6.18. The number of amides is 1. The van der Waals surface area contributed by atoms with Crippen molar-refractivity contribution in [2.45, 2.75) is 37.0 Å². The lowest BCUT2D eigenvalue weighted by molar-refractivity contribution is -0.116. The van der Waals surface area contributed by atoms with Gasteiger partial charge in [-0.05, 0) is 43.2 Å². The molecule has 1 aliphatic rings. The van der Waals surface area contributed by atoms with Crippen LogP contribution in [-0.2, 0) is 21.2 Å². The zero-order valence-electron chi connectivity index (χ0n) is 15.3. The van der Waals surface area contributed by atoms with Gasteiger partial charge in [-0.25, -0.2) is 8.42 Å². The molecule has 0 bridgehead atoms. The van der Waals surface area contributed by atoms with Crippen LogP contribution in [0.25, 0.3) is 0 Å². The van der Waals surface area contributed by atoms with Gasteiger partial charge in [0.15, 0.2) is 0 Å². The van der Waals surface area contributed by atoms with Crippen LogP contribution in [0.5, 0.6) is 5.75 Å². The standard InChI is InChI=1S/C19H24N2O5S/c1-25-17-9-7-15(20-19(22)10-8-16-6-5-13-26-16)14-18(17)27(23,24)21-11-3-2-4-12-21/h5-7,9,13-14H,2-4,8,10-12H2,1H3,(H,20,22). The van der Waals surface area contributed by atoms with Gasteiger partial charge in [0.25, 0.3) is 0 Å². The molecule has 0 atom stereocenters. The first-order valence-electron chi connectivity index (χ1n) is 9.01. The molecule has 0 spiro atoms. The molecule has 1 aromatic carbocycles. The molecule has 0 saturated carbocycles. The summed E-state index contributed by atoms with van der Waals surface area (Å²) >= 11 is 0. The van der Waals surface area contributed by atoms with Crippen LogP contribution in [0.2, 0.25) is 0 Å². The number of ether oxygens (including phenoxy) is 1. The van der Waals surface area contributed by atoms with E-state index in [4.69, 9.17) is 9.15 Å². The van der Waals surface area contributed by atoms with Crippen LogP contribution in [0.1, 0.15) is 31.4 Å². The van der Waals surface area contributed by atoms with Crippen LogP contribution in [0, 0.1) is 0 Å². The first-order chi connectivity index (χ1) is 13.0. The van der Waals surface area contributed by atoms with Crippen LogP contribution >= 0.6 is 0 Å². The fourth-order valence-corrected chi connectivity index (χ4v) is 4.81. The third kappa shape index (κ3) is 4.70. The second-order valence-electron chi connectivity index (χ2n) is 6.46. The SMILES string of the molecule is COc1ccc(NC(=O)CCc2ccco2)cc1S(=O)(=O)N1CCCCC1. The second kappa shape index (κ2) is 8.58. The molecule has 27 heavy (non-hydrogen) atoms. The van der Waals surface area contributed by atoms with E-state index < -0.39 is 10.0 Å². The zero-order valence-corrected chi connectivity index (χ0v) is 16.1. The number of furan rings is 1. The average Bonchev–Trinajstić information content (AvgIpc) is 3.21. The maximum atomic E-state index is 13.0. The summed E-state index contributed by atoms with van der Waals surface area (Å²) in [7, 11) is -2.23. The van der Waals surface area contributed by atoms with Gasteiger partial charge in [0, 0.05) is 31.6 Å². The lowest BCUT2D eigenvalue weighted by atomic mass is 10.2. The quantitative estimate of drug-likeness (QED) is 0.782. The zero-order chi connectivity index (χ0) is 19.3.